The van der Waals surface area contributed by atoms with Crippen molar-refractivity contribution in [3.63, 3.8) is 0 Å². The van der Waals surface area contributed by atoms with E-state index in [4.69, 9.17) is 5.11 Å². The van der Waals surface area contributed by atoms with Crippen LogP contribution in [-0.4, -0.2) is 24.5 Å². The first kappa shape index (κ1) is 14.6. The molecule has 0 aliphatic heterocycles. The Morgan fingerprint density at radius 3 is 2.75 bits per heavy atom. The van der Waals surface area contributed by atoms with Crippen LogP contribution in [0.15, 0.2) is 40.7 Å². The van der Waals surface area contributed by atoms with Crippen LogP contribution in [-0.2, 0) is 10.0 Å². The maximum Gasteiger partial charge on any atom is 0.345 e. The predicted octanol–water partition coefficient (Wildman–Crippen LogP) is 1.88. The normalized spacial score (nSPS) is 13.1. The monoisotopic (exact) mass is 312 g/mol. The largest absolute Gasteiger partial charge is 0.477 e. The number of pyridine rings is 1. The zero-order valence-electron chi connectivity index (χ0n) is 10.5. The van der Waals surface area contributed by atoms with Crippen LogP contribution >= 0.6 is 11.3 Å². The number of nitrogens with zero attached hydrogens (tertiary/aromatic N) is 1. The van der Waals surface area contributed by atoms with Crippen LogP contribution in [0.2, 0.25) is 0 Å². The van der Waals surface area contributed by atoms with E-state index in [0.29, 0.717) is 5.69 Å². The highest BCUT2D eigenvalue weighted by atomic mass is 32.2. The summed E-state index contributed by atoms with van der Waals surface area (Å²) in [5.74, 6) is -1.14. The second-order valence-electron chi connectivity index (χ2n) is 4.05. The maximum absolute atomic E-state index is 12.1. The van der Waals surface area contributed by atoms with Gasteiger partial charge in [0.25, 0.3) is 0 Å². The van der Waals surface area contributed by atoms with Crippen molar-refractivity contribution in [1.82, 2.24) is 9.71 Å². The number of aromatic carboxylic acids is 1. The minimum atomic E-state index is -3.76. The minimum Gasteiger partial charge on any atom is -0.477 e. The molecule has 0 aromatic carbocycles. The fourth-order valence-corrected chi connectivity index (χ4v) is 3.89. The van der Waals surface area contributed by atoms with Crippen molar-refractivity contribution in [3.8, 4) is 0 Å². The summed E-state index contributed by atoms with van der Waals surface area (Å²) in [7, 11) is -3.76. The molecule has 8 heteroatoms. The quantitative estimate of drug-likeness (QED) is 0.878. The smallest absolute Gasteiger partial charge is 0.345 e. The average Bonchev–Trinajstić information content (AvgIpc) is 2.90. The van der Waals surface area contributed by atoms with Crippen LogP contribution in [0.5, 0.6) is 0 Å². The highest BCUT2D eigenvalue weighted by molar-refractivity contribution is 7.89. The van der Waals surface area contributed by atoms with Gasteiger partial charge in [0.1, 0.15) is 4.88 Å². The highest BCUT2D eigenvalue weighted by Crippen LogP contribution is 2.21. The molecule has 6 nitrogen and oxygen atoms in total. The lowest BCUT2D eigenvalue weighted by Crippen LogP contribution is -2.27. The topological polar surface area (TPSA) is 96.4 Å². The molecule has 0 unspecified atom stereocenters. The van der Waals surface area contributed by atoms with Crippen molar-refractivity contribution in [2.45, 2.75) is 17.9 Å². The number of hydrogen-bond donors (Lipinski definition) is 2. The Kier molecular flexibility index (Phi) is 4.17. The van der Waals surface area contributed by atoms with Gasteiger partial charge in [-0.25, -0.2) is 17.9 Å². The molecule has 2 aromatic heterocycles. The van der Waals surface area contributed by atoms with Gasteiger partial charge in [-0.1, -0.05) is 6.07 Å². The van der Waals surface area contributed by atoms with E-state index in [9.17, 15) is 13.2 Å². The number of thiophene rings is 1. The lowest BCUT2D eigenvalue weighted by Gasteiger charge is -2.12. The van der Waals surface area contributed by atoms with E-state index in [-0.39, 0.29) is 9.77 Å². The number of carboxylic acid groups (broad SMARTS) is 1. The molecule has 20 heavy (non-hydrogen) atoms. The average molecular weight is 312 g/mol. The van der Waals surface area contributed by atoms with Crippen molar-refractivity contribution in [3.05, 3.63) is 46.4 Å². The molecular formula is C12H12N2O4S2. The second kappa shape index (κ2) is 5.70. The second-order valence-corrected chi connectivity index (χ2v) is 6.67. The van der Waals surface area contributed by atoms with Gasteiger partial charge in [0, 0.05) is 11.6 Å². The summed E-state index contributed by atoms with van der Waals surface area (Å²) in [5.41, 5.74) is 0.588. The lowest BCUT2D eigenvalue weighted by molar-refractivity contribution is 0.0702. The third kappa shape index (κ3) is 3.21. The maximum atomic E-state index is 12.1. The van der Waals surface area contributed by atoms with Crippen molar-refractivity contribution < 1.29 is 18.3 Å². The van der Waals surface area contributed by atoms with Crippen LogP contribution in [0.1, 0.15) is 28.3 Å². The third-order valence-electron chi connectivity index (χ3n) is 2.56. The van der Waals surface area contributed by atoms with E-state index in [0.717, 1.165) is 17.4 Å². The molecule has 106 valence electrons. The molecule has 0 saturated carbocycles. The molecule has 2 heterocycles. The molecule has 2 aromatic rings. The number of carbonyl (C=O) groups is 1. The zero-order valence-corrected chi connectivity index (χ0v) is 12.1. The summed E-state index contributed by atoms with van der Waals surface area (Å²) in [6.45, 7) is 1.67. The molecule has 0 amide bonds. The summed E-state index contributed by atoms with van der Waals surface area (Å²) < 4.78 is 26.7. The van der Waals surface area contributed by atoms with Gasteiger partial charge >= 0.3 is 5.97 Å². The first-order valence-corrected chi connectivity index (χ1v) is 8.01. The summed E-state index contributed by atoms with van der Waals surface area (Å²) >= 11 is 0.873. The molecule has 0 fully saturated rings. The van der Waals surface area contributed by atoms with Crippen LogP contribution in [0.3, 0.4) is 0 Å². The first-order valence-electron chi connectivity index (χ1n) is 5.65. The molecule has 0 spiro atoms. The number of rotatable bonds is 5. The van der Waals surface area contributed by atoms with Gasteiger partial charge in [-0.15, -0.1) is 11.3 Å². The standard InChI is InChI=1S/C12H12N2O4S2/c1-8(10-4-2-3-5-13-10)14-20(17,18)9-6-11(12(15)16)19-7-9/h2-8,14H,1H3,(H,15,16)/t8-/m0/s1. The number of nitrogens with one attached hydrogen (secondary N) is 1. The SMILES string of the molecule is C[C@H](NS(=O)(=O)c1csc(C(=O)O)c1)c1ccccn1. The van der Waals surface area contributed by atoms with E-state index in [1.807, 2.05) is 0 Å². The van der Waals surface area contributed by atoms with Crippen LogP contribution in [0.25, 0.3) is 0 Å². The Morgan fingerprint density at radius 1 is 1.45 bits per heavy atom. The van der Waals surface area contributed by atoms with Gasteiger partial charge in [0.05, 0.1) is 16.6 Å². The summed E-state index contributed by atoms with van der Waals surface area (Å²) in [6.07, 6.45) is 1.58. The van der Waals surface area contributed by atoms with Crippen molar-refractivity contribution in [2.75, 3.05) is 0 Å². The van der Waals surface area contributed by atoms with Gasteiger partial charge < -0.3 is 5.11 Å². The Bertz CT molecular complexity index is 710. The van der Waals surface area contributed by atoms with Crippen molar-refractivity contribution in [1.29, 1.82) is 0 Å². The zero-order chi connectivity index (χ0) is 14.8. The Balaban J connectivity index is 2.20. The molecule has 0 aliphatic rings. The molecule has 0 aliphatic carbocycles. The highest BCUT2D eigenvalue weighted by Gasteiger charge is 2.21. The lowest BCUT2D eigenvalue weighted by atomic mass is 10.2. The van der Waals surface area contributed by atoms with Gasteiger partial charge in [-0.3, -0.25) is 4.98 Å². The molecule has 2 N–H and O–H groups in total. The van der Waals surface area contributed by atoms with E-state index in [2.05, 4.69) is 9.71 Å². The molecule has 0 radical (unpaired) electrons. The number of hydrogen-bond acceptors (Lipinski definition) is 5. The van der Waals surface area contributed by atoms with Gasteiger partial charge in [0.15, 0.2) is 0 Å². The summed E-state index contributed by atoms with van der Waals surface area (Å²) in [6, 6.07) is 5.85. The minimum absolute atomic E-state index is 0.0177. The van der Waals surface area contributed by atoms with E-state index >= 15 is 0 Å². The number of sulfonamides is 1. The Hall–Kier alpha value is -1.77. The van der Waals surface area contributed by atoms with Crippen LogP contribution in [0.4, 0.5) is 0 Å². The number of carboxylic acids is 1. The first-order chi connectivity index (χ1) is 9.40. The van der Waals surface area contributed by atoms with Crippen molar-refractivity contribution in [2.24, 2.45) is 0 Å². The molecule has 0 bridgehead atoms. The summed E-state index contributed by atoms with van der Waals surface area (Å²) in [5, 5.41) is 10.1. The van der Waals surface area contributed by atoms with Gasteiger partial charge in [-0.05, 0) is 25.1 Å². The number of aromatic nitrogens is 1. The Labute approximate surface area is 120 Å². The fourth-order valence-electron chi connectivity index (χ4n) is 1.57. The van der Waals surface area contributed by atoms with Gasteiger partial charge in [0.2, 0.25) is 10.0 Å². The Morgan fingerprint density at radius 2 is 2.20 bits per heavy atom. The predicted molar refractivity (Wildman–Crippen MR) is 74.3 cm³/mol. The molecule has 2 rings (SSSR count). The fraction of sp³-hybridized carbons (Fsp3) is 0.167. The van der Waals surface area contributed by atoms with E-state index < -0.39 is 22.0 Å². The van der Waals surface area contributed by atoms with E-state index in [1.54, 1.807) is 31.3 Å². The molecular weight excluding hydrogens is 300 g/mol. The van der Waals surface area contributed by atoms with Crippen molar-refractivity contribution >= 4 is 27.3 Å². The molecule has 1 atom stereocenters. The third-order valence-corrected chi connectivity index (χ3v) is 5.15. The van der Waals surface area contributed by atoms with E-state index in [1.165, 1.54) is 5.38 Å². The van der Waals surface area contributed by atoms with Crippen LogP contribution < -0.4 is 4.72 Å². The van der Waals surface area contributed by atoms with Gasteiger partial charge in [-0.2, -0.15) is 0 Å². The summed E-state index contributed by atoms with van der Waals surface area (Å²) in [4.78, 5) is 14.8. The van der Waals surface area contributed by atoms with Crippen LogP contribution in [0, 0.1) is 0 Å². The molecule has 0 saturated heterocycles.